The summed E-state index contributed by atoms with van der Waals surface area (Å²) in [6, 6.07) is 4.45. The normalized spacial score (nSPS) is 11.0. The fourth-order valence-electron chi connectivity index (χ4n) is 1.68. The van der Waals surface area contributed by atoms with Gasteiger partial charge in [-0.05, 0) is 46.0 Å². The number of hydrogen-bond donors (Lipinski definition) is 4. The summed E-state index contributed by atoms with van der Waals surface area (Å²) in [5.74, 6) is -0.278. The van der Waals surface area contributed by atoms with Crippen molar-refractivity contribution in [3.8, 4) is 0 Å². The van der Waals surface area contributed by atoms with Gasteiger partial charge >= 0.3 is 6.03 Å². The van der Waals surface area contributed by atoms with Crippen molar-refractivity contribution < 1.29 is 9.59 Å². The molecule has 0 aliphatic rings. The number of halogens is 1. The lowest BCUT2D eigenvalue weighted by atomic mass is 10.1. The number of nitrogens with one attached hydrogen (secondary N) is 4. The van der Waals surface area contributed by atoms with Crippen LogP contribution < -0.4 is 21.3 Å². The summed E-state index contributed by atoms with van der Waals surface area (Å²) in [5.41, 5.74) is 0.486. The third-order valence-electron chi connectivity index (χ3n) is 2.62. The SMILES string of the molecule is CNCCNC(=O)c1cc(NC(=O)NC(C)(C)C)ccc1Cl. The molecule has 0 heterocycles. The van der Waals surface area contributed by atoms with Crippen molar-refractivity contribution in [2.24, 2.45) is 0 Å². The largest absolute Gasteiger partial charge is 0.351 e. The number of rotatable bonds is 5. The Morgan fingerprint density at radius 3 is 2.45 bits per heavy atom. The number of amides is 3. The molecule has 0 aromatic heterocycles. The molecule has 0 unspecified atom stereocenters. The van der Waals surface area contributed by atoms with E-state index in [9.17, 15) is 9.59 Å². The molecule has 1 aromatic rings. The Labute approximate surface area is 136 Å². The van der Waals surface area contributed by atoms with Crippen molar-refractivity contribution >= 4 is 29.2 Å². The number of benzene rings is 1. The average Bonchev–Trinajstić information content (AvgIpc) is 2.39. The van der Waals surface area contributed by atoms with Crippen molar-refractivity contribution in [2.75, 3.05) is 25.5 Å². The van der Waals surface area contributed by atoms with Gasteiger partial charge in [0.2, 0.25) is 0 Å². The summed E-state index contributed by atoms with van der Waals surface area (Å²) in [5, 5.41) is 11.5. The van der Waals surface area contributed by atoms with Gasteiger partial charge in [-0.3, -0.25) is 4.79 Å². The first kappa shape index (κ1) is 18.3. The molecule has 0 atom stereocenters. The Morgan fingerprint density at radius 1 is 1.18 bits per heavy atom. The number of carbonyl (C=O) groups is 2. The predicted octanol–water partition coefficient (Wildman–Crippen LogP) is 2.21. The standard InChI is InChI=1S/C15H23ClN4O2/c1-15(2,3)20-14(22)19-10-5-6-12(16)11(9-10)13(21)18-8-7-17-4/h5-6,9,17H,7-8H2,1-4H3,(H,18,21)(H2,19,20,22). The van der Waals surface area contributed by atoms with Crippen molar-refractivity contribution in [3.05, 3.63) is 28.8 Å². The summed E-state index contributed by atoms with van der Waals surface area (Å²) in [6.07, 6.45) is 0. The summed E-state index contributed by atoms with van der Waals surface area (Å²) in [6.45, 7) is 6.81. The maximum Gasteiger partial charge on any atom is 0.319 e. The van der Waals surface area contributed by atoms with E-state index >= 15 is 0 Å². The van der Waals surface area contributed by atoms with Crippen LogP contribution in [0, 0.1) is 0 Å². The molecule has 0 saturated carbocycles. The first-order chi connectivity index (χ1) is 10.2. The zero-order valence-electron chi connectivity index (χ0n) is 13.3. The lowest BCUT2D eigenvalue weighted by Crippen LogP contribution is -2.43. The molecule has 4 N–H and O–H groups in total. The third kappa shape index (κ3) is 6.32. The van der Waals surface area contributed by atoms with Crippen LogP contribution in [0.2, 0.25) is 5.02 Å². The van der Waals surface area contributed by atoms with Crippen LogP contribution in [-0.4, -0.2) is 37.6 Å². The number of urea groups is 1. The van der Waals surface area contributed by atoms with Crippen molar-refractivity contribution in [1.29, 1.82) is 0 Å². The van der Waals surface area contributed by atoms with Crippen LogP contribution in [0.25, 0.3) is 0 Å². The van der Waals surface area contributed by atoms with Crippen LogP contribution in [0.4, 0.5) is 10.5 Å². The molecule has 0 aliphatic heterocycles. The minimum atomic E-state index is -0.343. The Kier molecular flexibility index (Phi) is 6.64. The minimum Gasteiger partial charge on any atom is -0.351 e. The third-order valence-corrected chi connectivity index (χ3v) is 2.95. The summed E-state index contributed by atoms with van der Waals surface area (Å²) in [4.78, 5) is 23.9. The topological polar surface area (TPSA) is 82.3 Å². The van der Waals surface area contributed by atoms with E-state index in [1.54, 1.807) is 25.2 Å². The van der Waals surface area contributed by atoms with E-state index < -0.39 is 0 Å². The molecule has 22 heavy (non-hydrogen) atoms. The van der Waals surface area contributed by atoms with Crippen LogP contribution in [-0.2, 0) is 0 Å². The molecule has 7 heteroatoms. The molecule has 1 aromatic carbocycles. The second kappa shape index (κ2) is 8.00. The Bertz CT molecular complexity index is 541. The molecular weight excluding hydrogens is 304 g/mol. The number of anilines is 1. The zero-order chi connectivity index (χ0) is 16.8. The molecule has 0 fully saturated rings. The fraction of sp³-hybridized carbons (Fsp3) is 0.467. The molecule has 1 rings (SSSR count). The second-order valence-electron chi connectivity index (χ2n) is 5.88. The number of carbonyl (C=O) groups excluding carboxylic acids is 2. The van der Waals surface area contributed by atoms with E-state index in [2.05, 4.69) is 21.3 Å². The highest BCUT2D eigenvalue weighted by Gasteiger charge is 2.15. The summed E-state index contributed by atoms with van der Waals surface area (Å²) < 4.78 is 0. The lowest BCUT2D eigenvalue weighted by Gasteiger charge is -2.21. The number of likely N-dealkylation sites (N-methyl/N-ethyl adjacent to an activating group) is 1. The summed E-state index contributed by atoms with van der Waals surface area (Å²) >= 11 is 6.04. The van der Waals surface area contributed by atoms with Crippen LogP contribution in [0.3, 0.4) is 0 Å². The first-order valence-corrected chi connectivity index (χ1v) is 7.42. The maximum absolute atomic E-state index is 12.1. The molecule has 0 spiro atoms. The van der Waals surface area contributed by atoms with Gasteiger partial charge in [-0.1, -0.05) is 11.6 Å². The van der Waals surface area contributed by atoms with Crippen LogP contribution in [0.15, 0.2) is 18.2 Å². The monoisotopic (exact) mass is 326 g/mol. The molecule has 0 aliphatic carbocycles. The lowest BCUT2D eigenvalue weighted by molar-refractivity contribution is 0.0954. The minimum absolute atomic E-state index is 0.278. The Morgan fingerprint density at radius 2 is 1.86 bits per heavy atom. The predicted molar refractivity (Wildman–Crippen MR) is 89.6 cm³/mol. The molecule has 3 amide bonds. The molecule has 0 radical (unpaired) electrons. The van der Waals surface area contributed by atoms with E-state index in [0.717, 1.165) is 0 Å². The van der Waals surface area contributed by atoms with Crippen LogP contribution >= 0.6 is 11.6 Å². The smallest absolute Gasteiger partial charge is 0.319 e. The van der Waals surface area contributed by atoms with Gasteiger partial charge in [0.15, 0.2) is 0 Å². The maximum atomic E-state index is 12.1. The molecule has 122 valence electrons. The van der Waals surface area contributed by atoms with Crippen molar-refractivity contribution in [3.63, 3.8) is 0 Å². The highest BCUT2D eigenvalue weighted by Crippen LogP contribution is 2.20. The van der Waals surface area contributed by atoms with E-state index in [-0.39, 0.29) is 17.5 Å². The average molecular weight is 327 g/mol. The second-order valence-corrected chi connectivity index (χ2v) is 6.29. The molecule has 0 saturated heterocycles. The Hall–Kier alpha value is -1.79. The van der Waals surface area contributed by atoms with Gasteiger partial charge in [0.25, 0.3) is 5.91 Å². The van der Waals surface area contributed by atoms with Gasteiger partial charge in [0.05, 0.1) is 10.6 Å². The van der Waals surface area contributed by atoms with Crippen molar-refractivity contribution in [1.82, 2.24) is 16.0 Å². The van der Waals surface area contributed by atoms with Crippen molar-refractivity contribution in [2.45, 2.75) is 26.3 Å². The van der Waals surface area contributed by atoms with E-state index in [4.69, 9.17) is 11.6 Å². The van der Waals surface area contributed by atoms with E-state index in [1.807, 2.05) is 20.8 Å². The van der Waals surface area contributed by atoms with Gasteiger partial charge < -0.3 is 21.3 Å². The fourth-order valence-corrected chi connectivity index (χ4v) is 1.88. The van der Waals surface area contributed by atoms with Gasteiger partial charge in [0, 0.05) is 24.3 Å². The van der Waals surface area contributed by atoms with Gasteiger partial charge in [-0.15, -0.1) is 0 Å². The highest BCUT2D eigenvalue weighted by molar-refractivity contribution is 6.34. The summed E-state index contributed by atoms with van der Waals surface area (Å²) in [7, 11) is 1.80. The van der Waals surface area contributed by atoms with Crippen LogP contribution in [0.1, 0.15) is 31.1 Å². The molecule has 0 bridgehead atoms. The number of hydrogen-bond acceptors (Lipinski definition) is 3. The van der Waals surface area contributed by atoms with Crippen LogP contribution in [0.5, 0.6) is 0 Å². The van der Waals surface area contributed by atoms with E-state index in [0.29, 0.717) is 29.4 Å². The Balaban J connectivity index is 2.77. The van der Waals surface area contributed by atoms with Gasteiger partial charge in [-0.25, -0.2) is 4.79 Å². The first-order valence-electron chi connectivity index (χ1n) is 7.04. The van der Waals surface area contributed by atoms with Gasteiger partial charge in [0.1, 0.15) is 0 Å². The quantitative estimate of drug-likeness (QED) is 0.626. The van der Waals surface area contributed by atoms with Gasteiger partial charge in [-0.2, -0.15) is 0 Å². The molecular formula is C15H23ClN4O2. The zero-order valence-corrected chi connectivity index (χ0v) is 14.1. The van der Waals surface area contributed by atoms with E-state index in [1.165, 1.54) is 0 Å². The molecule has 6 nitrogen and oxygen atoms in total. The highest BCUT2D eigenvalue weighted by atomic mass is 35.5.